The van der Waals surface area contributed by atoms with E-state index in [-0.39, 0.29) is 17.3 Å². The van der Waals surface area contributed by atoms with Gasteiger partial charge in [0, 0.05) is 13.1 Å². The maximum atomic E-state index is 12.6. The van der Waals surface area contributed by atoms with Gasteiger partial charge in [0.1, 0.15) is 11.3 Å². The molecule has 120 valence electrons. The third kappa shape index (κ3) is 2.39. The molecule has 3 rings (SSSR count). The highest BCUT2D eigenvalue weighted by Crippen LogP contribution is 2.21. The lowest BCUT2D eigenvalue weighted by Crippen LogP contribution is -2.40. The van der Waals surface area contributed by atoms with E-state index in [1.807, 2.05) is 20.8 Å². The van der Waals surface area contributed by atoms with Crippen LogP contribution in [0.4, 0.5) is 0 Å². The third-order valence-corrected chi connectivity index (χ3v) is 4.13. The summed E-state index contributed by atoms with van der Waals surface area (Å²) in [4.78, 5) is 32.8. The van der Waals surface area contributed by atoms with E-state index in [1.165, 1.54) is 4.57 Å². The summed E-state index contributed by atoms with van der Waals surface area (Å²) in [7, 11) is 0. The Labute approximate surface area is 128 Å². The largest absolute Gasteiger partial charge is 0.335 e. The molecule has 0 aliphatic carbocycles. The number of H-pyrrole nitrogens is 1. The van der Waals surface area contributed by atoms with Gasteiger partial charge in [-0.05, 0) is 32.2 Å². The van der Waals surface area contributed by atoms with Crippen molar-refractivity contribution in [2.75, 3.05) is 6.54 Å². The van der Waals surface area contributed by atoms with Gasteiger partial charge in [-0.3, -0.25) is 13.9 Å². The van der Waals surface area contributed by atoms with Crippen molar-refractivity contribution < 1.29 is 0 Å². The second-order valence-corrected chi connectivity index (χ2v) is 6.31. The summed E-state index contributed by atoms with van der Waals surface area (Å²) in [6.45, 7) is 7.78. The Kier molecular flexibility index (Phi) is 3.90. The highest BCUT2D eigenvalue weighted by atomic mass is 16.2. The molecule has 7 heteroatoms. The minimum atomic E-state index is -0.278. The molecule has 1 fully saturated rings. The predicted molar refractivity (Wildman–Crippen MR) is 85.1 cm³/mol. The fourth-order valence-corrected chi connectivity index (χ4v) is 3.08. The quantitative estimate of drug-likeness (QED) is 0.882. The molecule has 22 heavy (non-hydrogen) atoms. The van der Waals surface area contributed by atoms with Crippen molar-refractivity contribution in [1.82, 2.24) is 24.4 Å². The molecule has 0 bridgehead atoms. The van der Waals surface area contributed by atoms with Crippen LogP contribution in [0.5, 0.6) is 0 Å². The van der Waals surface area contributed by atoms with Crippen LogP contribution in [0.15, 0.2) is 9.59 Å². The van der Waals surface area contributed by atoms with Gasteiger partial charge in [0.15, 0.2) is 5.65 Å². The first-order valence-electron chi connectivity index (χ1n) is 7.99. The topological polar surface area (TPSA) is 84.7 Å². The van der Waals surface area contributed by atoms with Gasteiger partial charge in [0.25, 0.3) is 5.56 Å². The van der Waals surface area contributed by atoms with E-state index in [0.717, 1.165) is 25.2 Å². The van der Waals surface area contributed by atoms with Crippen LogP contribution in [0.2, 0.25) is 0 Å². The van der Waals surface area contributed by atoms with Gasteiger partial charge < -0.3 is 10.3 Å². The Bertz CT molecular complexity index is 793. The first kappa shape index (κ1) is 15.0. The van der Waals surface area contributed by atoms with Crippen molar-refractivity contribution in [3.8, 4) is 0 Å². The molecule has 0 radical (unpaired) electrons. The van der Waals surface area contributed by atoms with Gasteiger partial charge in [-0.25, -0.2) is 9.78 Å². The number of hydrogen-bond acceptors (Lipinski definition) is 4. The van der Waals surface area contributed by atoms with E-state index < -0.39 is 0 Å². The van der Waals surface area contributed by atoms with E-state index in [9.17, 15) is 9.59 Å². The number of hydrogen-bond donors (Lipinski definition) is 2. The molecule has 1 unspecified atom stereocenters. The molecule has 1 aliphatic rings. The Morgan fingerprint density at radius 2 is 2.09 bits per heavy atom. The summed E-state index contributed by atoms with van der Waals surface area (Å²) >= 11 is 0. The van der Waals surface area contributed by atoms with Gasteiger partial charge in [-0.1, -0.05) is 13.8 Å². The van der Waals surface area contributed by atoms with E-state index in [4.69, 9.17) is 0 Å². The molecule has 1 saturated heterocycles. The van der Waals surface area contributed by atoms with Crippen LogP contribution >= 0.6 is 0 Å². The van der Waals surface area contributed by atoms with E-state index >= 15 is 0 Å². The number of aromatic nitrogens is 4. The summed E-state index contributed by atoms with van der Waals surface area (Å²) in [6.07, 6.45) is 2.09. The lowest BCUT2D eigenvalue weighted by atomic mass is 10.2. The van der Waals surface area contributed by atoms with Crippen molar-refractivity contribution in [3.63, 3.8) is 0 Å². The summed E-state index contributed by atoms with van der Waals surface area (Å²) in [6, 6.07) is 0.143. The molecular weight excluding hydrogens is 282 g/mol. The Morgan fingerprint density at radius 1 is 1.32 bits per heavy atom. The monoisotopic (exact) mass is 305 g/mol. The molecule has 2 aromatic heterocycles. The fourth-order valence-electron chi connectivity index (χ4n) is 3.08. The highest BCUT2D eigenvalue weighted by Gasteiger charge is 2.23. The van der Waals surface area contributed by atoms with Crippen molar-refractivity contribution in [2.45, 2.75) is 52.7 Å². The number of imidazole rings is 1. The molecule has 1 aliphatic heterocycles. The molecule has 0 aromatic carbocycles. The molecule has 2 aromatic rings. The van der Waals surface area contributed by atoms with Crippen LogP contribution in [0, 0.1) is 5.92 Å². The number of nitrogens with zero attached hydrogens (tertiary/aromatic N) is 3. The Morgan fingerprint density at radius 3 is 2.68 bits per heavy atom. The average molecular weight is 305 g/mol. The second-order valence-electron chi connectivity index (χ2n) is 6.31. The smallest absolute Gasteiger partial charge is 0.332 e. The molecular formula is C15H23N5O2. The van der Waals surface area contributed by atoms with Crippen LogP contribution in [0.3, 0.4) is 0 Å². The second kappa shape index (κ2) is 5.72. The highest BCUT2D eigenvalue weighted by molar-refractivity contribution is 5.70. The van der Waals surface area contributed by atoms with E-state index in [1.54, 1.807) is 4.57 Å². The normalized spacial score (nSPS) is 18.6. The first-order chi connectivity index (χ1) is 10.5. The maximum Gasteiger partial charge on any atom is 0.332 e. The fraction of sp³-hybridized carbons (Fsp3) is 0.667. The number of fused-ring (bicyclic) bond motifs is 1. The van der Waals surface area contributed by atoms with Crippen molar-refractivity contribution in [2.24, 2.45) is 5.92 Å². The van der Waals surface area contributed by atoms with Crippen molar-refractivity contribution >= 4 is 11.2 Å². The zero-order valence-corrected chi connectivity index (χ0v) is 13.3. The van der Waals surface area contributed by atoms with Crippen LogP contribution in [0.1, 0.15) is 45.5 Å². The lowest BCUT2D eigenvalue weighted by molar-refractivity contribution is 0.491. The maximum absolute atomic E-state index is 12.6. The van der Waals surface area contributed by atoms with Crippen molar-refractivity contribution in [3.05, 3.63) is 26.7 Å². The van der Waals surface area contributed by atoms with Gasteiger partial charge in [-0.2, -0.15) is 0 Å². The number of aromatic amines is 1. The minimum absolute atomic E-state index is 0.143. The van der Waals surface area contributed by atoms with E-state index in [2.05, 4.69) is 15.3 Å². The van der Waals surface area contributed by atoms with Gasteiger partial charge >= 0.3 is 5.69 Å². The summed E-state index contributed by atoms with van der Waals surface area (Å²) in [5, 5.41) is 3.37. The standard InChI is InChI=1S/C15H23N5O2/c1-4-19-14(21)11-13(20(15(19)22)8-9(2)3)18-12(17-11)10-6-5-7-16-10/h9-10,16H,4-8H2,1-3H3,(H,17,18). The summed E-state index contributed by atoms with van der Waals surface area (Å²) in [5.74, 6) is 1.06. The molecule has 0 spiro atoms. The van der Waals surface area contributed by atoms with Crippen molar-refractivity contribution in [1.29, 1.82) is 0 Å². The van der Waals surface area contributed by atoms with Crippen LogP contribution in [-0.4, -0.2) is 25.6 Å². The Balaban J connectivity index is 2.25. The zero-order valence-electron chi connectivity index (χ0n) is 13.3. The van der Waals surface area contributed by atoms with E-state index in [0.29, 0.717) is 30.2 Å². The summed E-state index contributed by atoms with van der Waals surface area (Å²) < 4.78 is 2.90. The van der Waals surface area contributed by atoms with Gasteiger partial charge in [-0.15, -0.1) is 0 Å². The molecule has 7 nitrogen and oxygen atoms in total. The average Bonchev–Trinajstić information content (AvgIpc) is 3.12. The molecule has 0 amide bonds. The molecule has 0 saturated carbocycles. The predicted octanol–water partition coefficient (Wildman–Crippen LogP) is 0.987. The number of nitrogens with one attached hydrogen (secondary N) is 2. The molecule has 1 atom stereocenters. The minimum Gasteiger partial charge on any atom is -0.335 e. The van der Waals surface area contributed by atoms with Crippen LogP contribution in [0.25, 0.3) is 11.2 Å². The zero-order chi connectivity index (χ0) is 15.9. The van der Waals surface area contributed by atoms with Crippen LogP contribution < -0.4 is 16.6 Å². The Hall–Kier alpha value is -1.89. The van der Waals surface area contributed by atoms with Crippen LogP contribution in [-0.2, 0) is 13.1 Å². The lowest BCUT2D eigenvalue weighted by Gasteiger charge is -2.11. The third-order valence-electron chi connectivity index (χ3n) is 4.13. The van der Waals surface area contributed by atoms with Gasteiger partial charge in [0.2, 0.25) is 0 Å². The molecule has 2 N–H and O–H groups in total. The number of rotatable bonds is 4. The SMILES string of the molecule is CCn1c(=O)c2[nH]c(C3CCCN3)nc2n(CC(C)C)c1=O. The molecule has 3 heterocycles. The van der Waals surface area contributed by atoms with Gasteiger partial charge in [0.05, 0.1) is 6.04 Å². The first-order valence-corrected chi connectivity index (χ1v) is 7.99. The summed E-state index contributed by atoms with van der Waals surface area (Å²) in [5.41, 5.74) is 0.369.